The quantitative estimate of drug-likeness (QED) is 0.247. The number of carbonyl (C=O) groups excluding carboxylic acids is 1. The molecule has 1 saturated carbocycles. The minimum atomic E-state index is -1.35. The van der Waals surface area contributed by atoms with Crippen molar-refractivity contribution in [3.05, 3.63) is 108 Å². The Balaban J connectivity index is 0.977. The molecule has 0 aromatic heterocycles. The molecule has 2 saturated heterocycles. The molecule has 3 aromatic rings. The normalized spacial score (nSPS) is 28.3. The third kappa shape index (κ3) is 6.38. The van der Waals surface area contributed by atoms with Crippen molar-refractivity contribution in [2.75, 3.05) is 6.54 Å². The van der Waals surface area contributed by atoms with E-state index in [1.807, 2.05) is 85.8 Å². The van der Waals surface area contributed by atoms with Crippen molar-refractivity contribution in [1.82, 2.24) is 15.5 Å². The molecule has 2 bridgehead atoms. The van der Waals surface area contributed by atoms with Gasteiger partial charge in [0, 0.05) is 18.1 Å². The van der Waals surface area contributed by atoms with E-state index in [1.54, 1.807) is 0 Å². The number of urea groups is 1. The number of nitrogens with zero attached hydrogens (tertiary/aromatic N) is 1. The summed E-state index contributed by atoms with van der Waals surface area (Å²) >= 11 is 0. The van der Waals surface area contributed by atoms with Crippen LogP contribution in [-0.4, -0.2) is 51.9 Å². The molecule has 43 heavy (non-hydrogen) atoms. The van der Waals surface area contributed by atoms with Crippen molar-refractivity contribution < 1.29 is 15.0 Å². The number of hydrogen-bond acceptors (Lipinski definition) is 4. The lowest BCUT2D eigenvalue weighted by molar-refractivity contribution is -0.0582. The maximum atomic E-state index is 13.1. The topological polar surface area (TPSA) is 84.8 Å². The van der Waals surface area contributed by atoms with Crippen LogP contribution in [0.5, 0.6) is 0 Å². The van der Waals surface area contributed by atoms with E-state index in [1.165, 1.54) is 19.3 Å². The molecule has 3 fully saturated rings. The Kier molecular flexibility index (Phi) is 8.90. The zero-order valence-electron chi connectivity index (χ0n) is 25.4. The van der Waals surface area contributed by atoms with Gasteiger partial charge in [0.2, 0.25) is 0 Å². The first kappa shape index (κ1) is 29.9. The summed E-state index contributed by atoms with van der Waals surface area (Å²) in [5, 5.41) is 29.7. The van der Waals surface area contributed by atoms with Crippen molar-refractivity contribution in [2.45, 2.75) is 100 Å². The van der Waals surface area contributed by atoms with Gasteiger partial charge < -0.3 is 20.8 Å². The van der Waals surface area contributed by atoms with E-state index in [0.717, 1.165) is 61.8 Å². The molecule has 6 nitrogen and oxygen atoms in total. The highest BCUT2D eigenvalue weighted by Gasteiger charge is 2.48. The average Bonchev–Trinajstić information content (AvgIpc) is 3.30. The van der Waals surface area contributed by atoms with Gasteiger partial charge in [-0.1, -0.05) is 91.0 Å². The van der Waals surface area contributed by atoms with Crippen LogP contribution in [0.1, 0.15) is 81.4 Å². The standard InChI is InChI=1S/C37H47N3O3/c1-27(37(43,30-13-7-3-8-14-30)31-15-9-4-10-16-31)38-35(41)39-32-19-17-28(18-20-32)23-24-40-33-21-22-34(40)26-36(42,25-33)29-11-5-2-6-12-29/h2-16,27-28,32-34,42-43H,17-26H2,1H3,(H2,38,39,41)/t27-,28?,32?,33?,34?,36?/m0/s1. The molecular formula is C37H47N3O3. The van der Waals surface area contributed by atoms with Gasteiger partial charge in [0.15, 0.2) is 0 Å². The molecule has 4 N–H and O–H groups in total. The molecule has 0 spiro atoms. The van der Waals surface area contributed by atoms with Gasteiger partial charge in [-0.25, -0.2) is 4.79 Å². The smallest absolute Gasteiger partial charge is 0.315 e. The van der Waals surface area contributed by atoms with Gasteiger partial charge in [0.1, 0.15) is 5.60 Å². The van der Waals surface area contributed by atoms with Crippen LogP contribution < -0.4 is 10.6 Å². The minimum Gasteiger partial charge on any atom is -0.385 e. The van der Waals surface area contributed by atoms with Crippen LogP contribution in [0.25, 0.3) is 0 Å². The SMILES string of the molecule is C[C@H](NC(=O)NC1CCC(CCN2C3CCC2CC(O)(c2ccccc2)C3)CC1)C(O)(c1ccccc1)c1ccccc1. The number of hydrogen-bond donors (Lipinski definition) is 4. The van der Waals surface area contributed by atoms with Crippen LogP contribution in [-0.2, 0) is 11.2 Å². The lowest BCUT2D eigenvalue weighted by Crippen LogP contribution is -2.54. The first-order chi connectivity index (χ1) is 20.8. The first-order valence-electron chi connectivity index (χ1n) is 16.3. The lowest BCUT2D eigenvalue weighted by atomic mass is 9.79. The molecule has 3 atom stereocenters. The van der Waals surface area contributed by atoms with E-state index < -0.39 is 17.2 Å². The zero-order chi connectivity index (χ0) is 29.9. The molecular weight excluding hydrogens is 534 g/mol. The van der Waals surface area contributed by atoms with Crippen LogP contribution >= 0.6 is 0 Å². The molecule has 2 heterocycles. The van der Waals surface area contributed by atoms with Crippen LogP contribution in [0.3, 0.4) is 0 Å². The summed E-state index contributed by atoms with van der Waals surface area (Å²) in [4.78, 5) is 15.8. The Morgan fingerprint density at radius 2 is 1.35 bits per heavy atom. The second-order valence-corrected chi connectivity index (χ2v) is 13.3. The highest BCUT2D eigenvalue weighted by atomic mass is 16.3. The largest absolute Gasteiger partial charge is 0.385 e. The Morgan fingerprint density at radius 3 is 1.88 bits per heavy atom. The molecule has 1 aliphatic carbocycles. The number of nitrogens with one attached hydrogen (secondary N) is 2. The molecule has 3 aromatic carbocycles. The van der Waals surface area contributed by atoms with Crippen LogP contribution in [0, 0.1) is 5.92 Å². The van der Waals surface area contributed by atoms with Gasteiger partial charge in [0.05, 0.1) is 11.6 Å². The summed E-state index contributed by atoms with van der Waals surface area (Å²) < 4.78 is 0. The molecule has 228 valence electrons. The van der Waals surface area contributed by atoms with Crippen molar-refractivity contribution >= 4 is 6.03 Å². The number of piperidine rings is 1. The van der Waals surface area contributed by atoms with Crippen LogP contribution in [0.4, 0.5) is 4.79 Å². The maximum Gasteiger partial charge on any atom is 0.315 e. The summed E-state index contributed by atoms with van der Waals surface area (Å²) in [6.45, 7) is 2.98. The van der Waals surface area contributed by atoms with Gasteiger partial charge in [-0.2, -0.15) is 0 Å². The van der Waals surface area contributed by atoms with E-state index in [9.17, 15) is 15.0 Å². The third-order valence-electron chi connectivity index (χ3n) is 10.6. The fourth-order valence-electron chi connectivity index (χ4n) is 8.17. The molecule has 2 aliphatic heterocycles. The average molecular weight is 582 g/mol. The molecule has 2 unspecified atom stereocenters. The van der Waals surface area contributed by atoms with E-state index >= 15 is 0 Å². The van der Waals surface area contributed by atoms with Crippen molar-refractivity contribution in [3.63, 3.8) is 0 Å². The highest BCUT2D eigenvalue weighted by Crippen LogP contribution is 2.46. The molecule has 6 rings (SSSR count). The summed E-state index contributed by atoms with van der Waals surface area (Å²) in [7, 11) is 0. The minimum absolute atomic E-state index is 0.150. The first-order valence-corrected chi connectivity index (χ1v) is 16.3. The second-order valence-electron chi connectivity index (χ2n) is 13.3. The summed E-state index contributed by atoms with van der Waals surface area (Å²) in [5.41, 5.74) is 0.536. The third-order valence-corrected chi connectivity index (χ3v) is 10.6. The maximum absolute atomic E-state index is 13.1. The van der Waals surface area contributed by atoms with Crippen molar-refractivity contribution in [2.24, 2.45) is 5.92 Å². The number of aliphatic hydroxyl groups is 2. The number of rotatable bonds is 9. The van der Waals surface area contributed by atoms with E-state index in [2.05, 4.69) is 27.7 Å². The van der Waals surface area contributed by atoms with E-state index in [0.29, 0.717) is 18.0 Å². The molecule has 3 aliphatic rings. The van der Waals surface area contributed by atoms with Gasteiger partial charge in [-0.15, -0.1) is 0 Å². The van der Waals surface area contributed by atoms with Crippen LogP contribution in [0.2, 0.25) is 0 Å². The summed E-state index contributed by atoms with van der Waals surface area (Å²) in [5.74, 6) is 0.677. The van der Waals surface area contributed by atoms with Gasteiger partial charge in [-0.3, -0.25) is 4.90 Å². The monoisotopic (exact) mass is 581 g/mol. The molecule has 6 heteroatoms. The Hall–Kier alpha value is -3.19. The summed E-state index contributed by atoms with van der Waals surface area (Å²) in [6, 6.07) is 29.7. The van der Waals surface area contributed by atoms with Crippen molar-refractivity contribution in [3.8, 4) is 0 Å². The fourth-order valence-corrected chi connectivity index (χ4v) is 8.17. The van der Waals surface area contributed by atoms with E-state index in [-0.39, 0.29) is 12.1 Å². The Bertz CT molecular complexity index is 1270. The molecule has 0 radical (unpaired) electrons. The second kappa shape index (κ2) is 12.8. The predicted octanol–water partition coefficient (Wildman–Crippen LogP) is 6.07. The van der Waals surface area contributed by atoms with Gasteiger partial charge >= 0.3 is 6.03 Å². The fraction of sp³-hybridized carbons (Fsp3) is 0.486. The van der Waals surface area contributed by atoms with Gasteiger partial charge in [0.25, 0.3) is 0 Å². The zero-order valence-corrected chi connectivity index (χ0v) is 25.4. The highest BCUT2D eigenvalue weighted by molar-refractivity contribution is 5.75. The number of carbonyl (C=O) groups is 1. The van der Waals surface area contributed by atoms with Crippen molar-refractivity contribution in [1.29, 1.82) is 0 Å². The van der Waals surface area contributed by atoms with Crippen LogP contribution in [0.15, 0.2) is 91.0 Å². The van der Waals surface area contributed by atoms with Gasteiger partial charge in [-0.05, 0) is 93.9 Å². The molecule has 2 amide bonds. The van der Waals surface area contributed by atoms with E-state index in [4.69, 9.17) is 0 Å². The number of fused-ring (bicyclic) bond motifs is 2. The Labute approximate surface area is 256 Å². The summed E-state index contributed by atoms with van der Waals surface area (Å²) in [6.07, 6.45) is 9.44. The lowest BCUT2D eigenvalue weighted by Gasteiger charge is -2.44. The number of benzene rings is 3. The predicted molar refractivity (Wildman–Crippen MR) is 170 cm³/mol. The Morgan fingerprint density at radius 1 is 0.837 bits per heavy atom. The number of amides is 2.